The Bertz CT molecular complexity index is 577. The Morgan fingerprint density at radius 3 is 2.00 bits per heavy atom. The van der Waals surface area contributed by atoms with Crippen LogP contribution in [0.5, 0.6) is 0 Å². The summed E-state index contributed by atoms with van der Waals surface area (Å²) in [4.78, 5) is 26.5. The topological polar surface area (TPSA) is 37.4 Å². The van der Waals surface area contributed by atoms with E-state index in [0.29, 0.717) is 5.69 Å². The molecule has 1 saturated heterocycles. The van der Waals surface area contributed by atoms with Crippen molar-refractivity contribution in [3.63, 3.8) is 0 Å². The van der Waals surface area contributed by atoms with Crippen molar-refractivity contribution in [2.45, 2.75) is 6.42 Å². The average molecular weight is 365 g/mol. The van der Waals surface area contributed by atoms with Gasteiger partial charge in [0.25, 0.3) is 0 Å². The molecule has 19 heavy (non-hydrogen) atoms. The summed E-state index contributed by atoms with van der Waals surface area (Å²) in [7, 11) is 0. The van der Waals surface area contributed by atoms with Gasteiger partial charge in [0.2, 0.25) is 11.8 Å². The zero-order valence-electron chi connectivity index (χ0n) is 10.1. The maximum absolute atomic E-state index is 12.5. The van der Waals surface area contributed by atoms with Gasteiger partial charge in [-0.1, -0.05) is 12.2 Å². The number of benzene rings is 1. The van der Waals surface area contributed by atoms with Crippen LogP contribution in [0.3, 0.4) is 0 Å². The van der Waals surface area contributed by atoms with Crippen molar-refractivity contribution in [2.24, 2.45) is 23.7 Å². The van der Waals surface area contributed by atoms with E-state index >= 15 is 0 Å². The van der Waals surface area contributed by atoms with Gasteiger partial charge in [-0.05, 0) is 65.1 Å². The quantitative estimate of drug-likeness (QED) is 0.436. The standard InChI is InChI=1S/C15H12INO2/c16-10-3-5-11(6-4-10)17-14(18)12-8-1-2-9(7-8)13(12)15(17)19/h1-6,8-9,12-13H,7H2/t8-,9-,12-,13+/m1/s1. The van der Waals surface area contributed by atoms with E-state index in [4.69, 9.17) is 0 Å². The highest BCUT2D eigenvalue weighted by molar-refractivity contribution is 14.1. The number of halogens is 1. The van der Waals surface area contributed by atoms with Crippen molar-refractivity contribution >= 4 is 40.1 Å². The van der Waals surface area contributed by atoms with Gasteiger partial charge in [-0.25, -0.2) is 0 Å². The highest BCUT2D eigenvalue weighted by atomic mass is 127. The number of fused-ring (bicyclic) bond motifs is 5. The summed E-state index contributed by atoms with van der Waals surface area (Å²) in [6.07, 6.45) is 5.22. The molecule has 3 nitrogen and oxygen atoms in total. The number of imide groups is 1. The minimum Gasteiger partial charge on any atom is -0.274 e. The van der Waals surface area contributed by atoms with Crippen molar-refractivity contribution in [3.8, 4) is 0 Å². The molecule has 1 aromatic carbocycles. The number of carbonyl (C=O) groups excluding carboxylic acids is 2. The first-order valence-corrected chi connectivity index (χ1v) is 7.56. The molecule has 2 bridgehead atoms. The van der Waals surface area contributed by atoms with E-state index in [0.717, 1.165) is 9.99 Å². The van der Waals surface area contributed by atoms with Crippen molar-refractivity contribution in [1.29, 1.82) is 0 Å². The smallest absolute Gasteiger partial charge is 0.238 e. The molecule has 1 aromatic rings. The van der Waals surface area contributed by atoms with E-state index in [1.807, 2.05) is 24.3 Å². The fraction of sp³-hybridized carbons (Fsp3) is 0.333. The first-order valence-electron chi connectivity index (χ1n) is 6.48. The first-order chi connectivity index (χ1) is 9.16. The molecule has 0 aromatic heterocycles. The number of rotatable bonds is 1. The predicted molar refractivity (Wildman–Crippen MR) is 79.4 cm³/mol. The van der Waals surface area contributed by atoms with Gasteiger partial charge in [-0.3, -0.25) is 14.5 Å². The molecule has 1 heterocycles. The van der Waals surface area contributed by atoms with E-state index in [-0.39, 0.29) is 35.5 Å². The largest absolute Gasteiger partial charge is 0.274 e. The van der Waals surface area contributed by atoms with Crippen molar-refractivity contribution < 1.29 is 9.59 Å². The molecule has 0 spiro atoms. The van der Waals surface area contributed by atoms with Crippen LogP contribution in [-0.2, 0) is 9.59 Å². The summed E-state index contributed by atoms with van der Waals surface area (Å²) in [5, 5.41) is 0. The summed E-state index contributed by atoms with van der Waals surface area (Å²) < 4.78 is 1.10. The van der Waals surface area contributed by atoms with Gasteiger partial charge in [0, 0.05) is 3.57 Å². The Hall–Kier alpha value is -1.17. The van der Waals surface area contributed by atoms with Gasteiger partial charge in [0.15, 0.2) is 0 Å². The van der Waals surface area contributed by atoms with Crippen molar-refractivity contribution in [1.82, 2.24) is 0 Å². The number of anilines is 1. The van der Waals surface area contributed by atoms with Crippen LogP contribution in [0.4, 0.5) is 5.69 Å². The van der Waals surface area contributed by atoms with Gasteiger partial charge in [-0.15, -0.1) is 0 Å². The second kappa shape index (κ2) is 3.91. The molecule has 4 atom stereocenters. The monoisotopic (exact) mass is 365 g/mol. The van der Waals surface area contributed by atoms with Crippen LogP contribution in [0, 0.1) is 27.2 Å². The average Bonchev–Trinajstić information content (AvgIpc) is 3.06. The molecule has 2 fully saturated rings. The lowest BCUT2D eigenvalue weighted by Crippen LogP contribution is -2.32. The maximum Gasteiger partial charge on any atom is 0.238 e. The lowest BCUT2D eigenvalue weighted by atomic mass is 9.85. The van der Waals surface area contributed by atoms with Crippen LogP contribution in [0.2, 0.25) is 0 Å². The molecule has 0 N–H and O–H groups in total. The van der Waals surface area contributed by atoms with Gasteiger partial charge in [0.1, 0.15) is 0 Å². The zero-order chi connectivity index (χ0) is 13.1. The first kappa shape index (κ1) is 11.6. The summed E-state index contributed by atoms with van der Waals surface area (Å²) in [5.74, 6) is 0.324. The predicted octanol–water partition coefficient (Wildman–Crippen LogP) is 2.60. The van der Waals surface area contributed by atoms with Crippen LogP contribution < -0.4 is 4.90 Å². The normalized spacial score (nSPS) is 35.3. The Labute approximate surface area is 124 Å². The molecule has 2 aliphatic carbocycles. The summed E-state index contributed by atoms with van der Waals surface area (Å²) in [6.45, 7) is 0. The number of carbonyl (C=O) groups is 2. The fourth-order valence-corrected chi connectivity index (χ4v) is 4.11. The highest BCUT2D eigenvalue weighted by Crippen LogP contribution is 2.53. The Morgan fingerprint density at radius 1 is 0.947 bits per heavy atom. The van der Waals surface area contributed by atoms with Gasteiger partial charge in [0.05, 0.1) is 17.5 Å². The van der Waals surface area contributed by atoms with Gasteiger partial charge in [-0.2, -0.15) is 0 Å². The zero-order valence-corrected chi connectivity index (χ0v) is 12.3. The minimum absolute atomic E-state index is 0.00643. The molecule has 0 unspecified atom stereocenters. The lowest BCUT2D eigenvalue weighted by Gasteiger charge is -2.17. The molecule has 4 rings (SSSR count). The molecule has 1 saturated carbocycles. The van der Waals surface area contributed by atoms with E-state index in [9.17, 15) is 9.59 Å². The number of nitrogens with zero attached hydrogens (tertiary/aromatic N) is 1. The molecule has 1 aliphatic heterocycles. The SMILES string of the molecule is O=C1[C@@H]2[C@H](C(=O)N1c1ccc(I)cc1)[C@@H]1C=C[C@@H]2C1. The molecule has 3 aliphatic rings. The van der Waals surface area contributed by atoms with Crippen LogP contribution in [0.1, 0.15) is 6.42 Å². The van der Waals surface area contributed by atoms with E-state index < -0.39 is 0 Å². The van der Waals surface area contributed by atoms with Crippen LogP contribution in [0.25, 0.3) is 0 Å². The van der Waals surface area contributed by atoms with Crippen molar-refractivity contribution in [2.75, 3.05) is 4.90 Å². The third kappa shape index (κ3) is 1.49. The number of amides is 2. The van der Waals surface area contributed by atoms with E-state index in [1.54, 1.807) is 0 Å². The Morgan fingerprint density at radius 2 is 1.47 bits per heavy atom. The molecular weight excluding hydrogens is 353 g/mol. The molecular formula is C15H12INO2. The number of allylic oxidation sites excluding steroid dienone is 2. The Balaban J connectivity index is 1.74. The number of hydrogen-bond donors (Lipinski definition) is 0. The van der Waals surface area contributed by atoms with Crippen LogP contribution >= 0.6 is 22.6 Å². The molecule has 2 amide bonds. The summed E-state index contributed by atoms with van der Waals surface area (Å²) in [5.41, 5.74) is 0.712. The van der Waals surface area contributed by atoms with Crippen LogP contribution in [-0.4, -0.2) is 11.8 Å². The number of hydrogen-bond acceptors (Lipinski definition) is 2. The highest BCUT2D eigenvalue weighted by Gasteiger charge is 2.59. The second-order valence-corrected chi connectivity index (χ2v) is 6.73. The third-order valence-corrected chi connectivity index (χ3v) is 5.27. The molecule has 96 valence electrons. The Kier molecular flexibility index (Phi) is 2.40. The molecule has 0 radical (unpaired) electrons. The second-order valence-electron chi connectivity index (χ2n) is 5.49. The van der Waals surface area contributed by atoms with Crippen molar-refractivity contribution in [3.05, 3.63) is 40.0 Å². The summed E-state index contributed by atoms with van der Waals surface area (Å²) in [6, 6.07) is 7.57. The van der Waals surface area contributed by atoms with Crippen LogP contribution in [0.15, 0.2) is 36.4 Å². The van der Waals surface area contributed by atoms with E-state index in [2.05, 4.69) is 34.7 Å². The maximum atomic E-state index is 12.5. The van der Waals surface area contributed by atoms with Gasteiger partial charge >= 0.3 is 0 Å². The summed E-state index contributed by atoms with van der Waals surface area (Å²) >= 11 is 2.22. The van der Waals surface area contributed by atoms with E-state index in [1.165, 1.54) is 4.90 Å². The fourth-order valence-electron chi connectivity index (χ4n) is 3.75. The third-order valence-electron chi connectivity index (χ3n) is 4.56. The van der Waals surface area contributed by atoms with Gasteiger partial charge < -0.3 is 0 Å². The minimum atomic E-state index is -0.109. The molecule has 4 heteroatoms. The lowest BCUT2D eigenvalue weighted by molar-refractivity contribution is -0.123.